The Labute approximate surface area is 129 Å². The molecule has 1 aromatic rings. The number of ether oxygens (including phenoxy) is 2. The third-order valence-corrected chi connectivity index (χ3v) is 4.75. The summed E-state index contributed by atoms with van der Waals surface area (Å²) in [5.41, 5.74) is 0. The van der Waals surface area contributed by atoms with Gasteiger partial charge in [0.1, 0.15) is 11.5 Å². The van der Waals surface area contributed by atoms with Crippen LogP contribution in [0.15, 0.2) is 24.3 Å². The molecule has 118 valence electrons. The fourth-order valence-electron chi connectivity index (χ4n) is 3.45. The zero-order chi connectivity index (χ0) is 14.9. The maximum atomic E-state index is 5.80. The number of benzene rings is 1. The molecule has 0 N–H and O–H groups in total. The van der Waals surface area contributed by atoms with Crippen molar-refractivity contribution in [3.05, 3.63) is 24.3 Å². The maximum absolute atomic E-state index is 5.80. The summed E-state index contributed by atoms with van der Waals surface area (Å²) in [6.45, 7) is 3.14. The van der Waals surface area contributed by atoms with Gasteiger partial charge >= 0.3 is 0 Å². The Kier molecular flexibility index (Phi) is 6.91. The molecule has 0 spiro atoms. The topological polar surface area (TPSA) is 18.5 Å². The monoisotopic (exact) mass is 290 g/mol. The summed E-state index contributed by atoms with van der Waals surface area (Å²) in [7, 11) is 1.69. The molecule has 1 aliphatic carbocycles. The van der Waals surface area contributed by atoms with Gasteiger partial charge in [-0.1, -0.05) is 45.4 Å². The van der Waals surface area contributed by atoms with E-state index in [0.29, 0.717) is 0 Å². The van der Waals surface area contributed by atoms with Gasteiger partial charge in [-0.2, -0.15) is 0 Å². The number of rotatable bonds is 8. The van der Waals surface area contributed by atoms with Crippen LogP contribution < -0.4 is 9.47 Å². The van der Waals surface area contributed by atoms with Gasteiger partial charge in [0.15, 0.2) is 0 Å². The molecule has 1 saturated carbocycles. The highest BCUT2D eigenvalue weighted by atomic mass is 16.5. The van der Waals surface area contributed by atoms with E-state index in [9.17, 15) is 0 Å². The second-order valence-electron chi connectivity index (χ2n) is 6.34. The normalized spacial score (nSPS) is 22.0. The van der Waals surface area contributed by atoms with E-state index in [0.717, 1.165) is 29.9 Å². The average molecular weight is 290 g/mol. The number of hydrogen-bond donors (Lipinski definition) is 0. The Bertz CT molecular complexity index is 377. The largest absolute Gasteiger partial charge is 0.497 e. The van der Waals surface area contributed by atoms with E-state index in [2.05, 4.69) is 6.92 Å². The predicted octanol–water partition coefficient (Wildman–Crippen LogP) is 5.46. The Morgan fingerprint density at radius 2 is 1.48 bits per heavy atom. The van der Waals surface area contributed by atoms with Gasteiger partial charge in [-0.05, 0) is 48.9 Å². The molecule has 2 nitrogen and oxygen atoms in total. The molecule has 0 saturated heterocycles. The molecule has 0 aromatic heterocycles. The summed E-state index contributed by atoms with van der Waals surface area (Å²) in [4.78, 5) is 0. The highest BCUT2D eigenvalue weighted by Gasteiger charge is 2.19. The molecule has 1 fully saturated rings. The summed E-state index contributed by atoms with van der Waals surface area (Å²) in [6, 6.07) is 7.86. The summed E-state index contributed by atoms with van der Waals surface area (Å²) in [5, 5.41) is 0. The molecule has 0 radical (unpaired) electrons. The van der Waals surface area contributed by atoms with Crippen LogP contribution in [0.5, 0.6) is 11.5 Å². The summed E-state index contributed by atoms with van der Waals surface area (Å²) >= 11 is 0. The van der Waals surface area contributed by atoms with Crippen molar-refractivity contribution in [3.8, 4) is 11.5 Å². The van der Waals surface area contributed by atoms with Crippen molar-refractivity contribution in [1.29, 1.82) is 0 Å². The molecule has 2 heteroatoms. The van der Waals surface area contributed by atoms with Crippen LogP contribution in [0.25, 0.3) is 0 Å². The first kappa shape index (κ1) is 16.2. The molecule has 0 aliphatic heterocycles. The van der Waals surface area contributed by atoms with Crippen LogP contribution in [0.1, 0.15) is 58.3 Å². The molecule has 0 heterocycles. The Balaban J connectivity index is 1.57. The molecule has 21 heavy (non-hydrogen) atoms. The minimum absolute atomic E-state index is 0.835. The highest BCUT2D eigenvalue weighted by Crippen LogP contribution is 2.33. The van der Waals surface area contributed by atoms with Crippen LogP contribution >= 0.6 is 0 Å². The van der Waals surface area contributed by atoms with E-state index in [1.54, 1.807) is 7.11 Å². The van der Waals surface area contributed by atoms with Crippen molar-refractivity contribution < 1.29 is 9.47 Å². The van der Waals surface area contributed by atoms with E-state index in [-0.39, 0.29) is 0 Å². The standard InChI is InChI=1S/C19H30O2/c1-3-5-16-7-9-17(10-8-16)6-4-15-21-19-13-11-18(20-2)12-14-19/h11-14,16-17H,3-10,15H2,1-2H3. The van der Waals surface area contributed by atoms with Crippen molar-refractivity contribution in [2.24, 2.45) is 11.8 Å². The van der Waals surface area contributed by atoms with Crippen molar-refractivity contribution in [2.75, 3.05) is 13.7 Å². The van der Waals surface area contributed by atoms with Gasteiger partial charge in [0, 0.05) is 0 Å². The molecule has 1 aliphatic rings. The second kappa shape index (κ2) is 8.96. The predicted molar refractivity (Wildman–Crippen MR) is 88.1 cm³/mol. The van der Waals surface area contributed by atoms with E-state index in [1.165, 1.54) is 51.4 Å². The third-order valence-electron chi connectivity index (χ3n) is 4.75. The minimum Gasteiger partial charge on any atom is -0.497 e. The SMILES string of the molecule is CCCC1CCC(CCCOc2ccc(OC)cc2)CC1. The van der Waals surface area contributed by atoms with Gasteiger partial charge in [0.25, 0.3) is 0 Å². The molecule has 2 rings (SSSR count). The van der Waals surface area contributed by atoms with E-state index >= 15 is 0 Å². The summed E-state index contributed by atoms with van der Waals surface area (Å²) < 4.78 is 10.9. The zero-order valence-corrected chi connectivity index (χ0v) is 13.6. The van der Waals surface area contributed by atoms with Crippen LogP contribution in [-0.4, -0.2) is 13.7 Å². The van der Waals surface area contributed by atoms with Crippen molar-refractivity contribution in [2.45, 2.75) is 58.3 Å². The van der Waals surface area contributed by atoms with Gasteiger partial charge < -0.3 is 9.47 Å². The molecular weight excluding hydrogens is 260 g/mol. The smallest absolute Gasteiger partial charge is 0.119 e. The van der Waals surface area contributed by atoms with Gasteiger partial charge in [-0.3, -0.25) is 0 Å². The maximum Gasteiger partial charge on any atom is 0.119 e. The first-order chi connectivity index (χ1) is 10.3. The van der Waals surface area contributed by atoms with Gasteiger partial charge in [0.05, 0.1) is 13.7 Å². The Morgan fingerprint density at radius 3 is 2.05 bits per heavy atom. The number of methoxy groups -OCH3 is 1. The molecule has 0 bridgehead atoms. The van der Waals surface area contributed by atoms with Crippen LogP contribution in [0.2, 0.25) is 0 Å². The third kappa shape index (κ3) is 5.61. The van der Waals surface area contributed by atoms with Crippen LogP contribution in [-0.2, 0) is 0 Å². The lowest BCUT2D eigenvalue weighted by atomic mass is 9.78. The average Bonchev–Trinajstić information content (AvgIpc) is 2.54. The molecule has 0 amide bonds. The number of hydrogen-bond acceptors (Lipinski definition) is 2. The van der Waals surface area contributed by atoms with Crippen LogP contribution in [0.3, 0.4) is 0 Å². The fourth-order valence-corrected chi connectivity index (χ4v) is 3.45. The van der Waals surface area contributed by atoms with Gasteiger partial charge in [-0.15, -0.1) is 0 Å². The first-order valence-electron chi connectivity index (χ1n) is 8.58. The van der Waals surface area contributed by atoms with E-state index < -0.39 is 0 Å². The van der Waals surface area contributed by atoms with Crippen LogP contribution in [0, 0.1) is 11.8 Å². The van der Waals surface area contributed by atoms with Crippen molar-refractivity contribution in [1.82, 2.24) is 0 Å². The quantitative estimate of drug-likeness (QED) is 0.592. The second-order valence-corrected chi connectivity index (χ2v) is 6.34. The van der Waals surface area contributed by atoms with Gasteiger partial charge in [0.2, 0.25) is 0 Å². The Hall–Kier alpha value is -1.18. The Morgan fingerprint density at radius 1 is 0.905 bits per heavy atom. The highest BCUT2D eigenvalue weighted by molar-refractivity contribution is 5.31. The van der Waals surface area contributed by atoms with Crippen molar-refractivity contribution >= 4 is 0 Å². The molecule has 0 atom stereocenters. The summed E-state index contributed by atoms with van der Waals surface area (Å²) in [6.07, 6.45) is 11.1. The molecule has 1 aromatic carbocycles. The summed E-state index contributed by atoms with van der Waals surface area (Å²) in [5.74, 6) is 3.79. The minimum atomic E-state index is 0.835. The lowest BCUT2D eigenvalue weighted by Crippen LogP contribution is -2.15. The first-order valence-corrected chi connectivity index (χ1v) is 8.58. The van der Waals surface area contributed by atoms with Crippen LogP contribution in [0.4, 0.5) is 0 Å². The zero-order valence-electron chi connectivity index (χ0n) is 13.6. The lowest BCUT2D eigenvalue weighted by Gasteiger charge is -2.28. The van der Waals surface area contributed by atoms with Gasteiger partial charge in [-0.25, -0.2) is 0 Å². The van der Waals surface area contributed by atoms with E-state index in [1.807, 2.05) is 24.3 Å². The van der Waals surface area contributed by atoms with Crippen molar-refractivity contribution in [3.63, 3.8) is 0 Å². The molecular formula is C19H30O2. The van der Waals surface area contributed by atoms with E-state index in [4.69, 9.17) is 9.47 Å². The fraction of sp³-hybridized carbons (Fsp3) is 0.684. The lowest BCUT2D eigenvalue weighted by molar-refractivity contribution is 0.230. The molecule has 0 unspecified atom stereocenters.